The maximum Gasteiger partial charge on any atom is 0.310 e. The van der Waals surface area contributed by atoms with Gasteiger partial charge < -0.3 is 14.6 Å². The maximum atomic E-state index is 11.8. The molecule has 1 aromatic heterocycles. The molecule has 24 heavy (non-hydrogen) atoms. The number of ether oxygens (including phenoxy) is 2. The monoisotopic (exact) mass is 327 g/mol. The van der Waals surface area contributed by atoms with Crippen LogP contribution in [0.1, 0.15) is 34.8 Å². The third kappa shape index (κ3) is 2.46. The van der Waals surface area contributed by atoms with Crippen molar-refractivity contribution in [3.05, 3.63) is 46.6 Å². The van der Waals surface area contributed by atoms with Gasteiger partial charge in [-0.1, -0.05) is 6.07 Å². The van der Waals surface area contributed by atoms with Crippen LogP contribution >= 0.6 is 0 Å². The minimum atomic E-state index is -0.421. The second-order valence-corrected chi connectivity index (χ2v) is 5.89. The van der Waals surface area contributed by atoms with E-state index in [0.29, 0.717) is 24.7 Å². The second kappa shape index (κ2) is 5.76. The molecule has 2 aliphatic heterocycles. The Bertz CT molecular complexity index is 840. The Morgan fingerprint density at radius 3 is 3.04 bits per heavy atom. The quantitative estimate of drug-likeness (QED) is 0.858. The Morgan fingerprint density at radius 1 is 1.42 bits per heavy atom. The summed E-state index contributed by atoms with van der Waals surface area (Å²) in [6, 6.07) is 5.74. The molecule has 2 aliphatic rings. The molecule has 0 bridgehead atoms. The predicted molar refractivity (Wildman–Crippen MR) is 84.8 cm³/mol. The number of aliphatic hydroxyl groups is 1. The molecule has 0 saturated carbocycles. The third-order valence-electron chi connectivity index (χ3n) is 4.31. The van der Waals surface area contributed by atoms with Gasteiger partial charge in [-0.05, 0) is 22.8 Å². The summed E-state index contributed by atoms with van der Waals surface area (Å²) in [5, 5.41) is 13.3. The molecule has 1 atom stereocenters. The van der Waals surface area contributed by atoms with Crippen molar-refractivity contribution in [2.24, 2.45) is 12.0 Å². The summed E-state index contributed by atoms with van der Waals surface area (Å²) in [5.74, 6) is 0.889. The molecule has 0 aliphatic carbocycles. The van der Waals surface area contributed by atoms with Crippen LogP contribution in [0.2, 0.25) is 0 Å². The van der Waals surface area contributed by atoms with Gasteiger partial charge in [-0.25, -0.2) is 9.67 Å². The van der Waals surface area contributed by atoms with E-state index in [0.717, 1.165) is 22.3 Å². The number of aliphatic hydroxyl groups excluding tert-OH is 1. The molecule has 0 radical (unpaired) electrons. The molecular formula is C17H17N3O4. The minimum Gasteiger partial charge on any atom is -0.457 e. The van der Waals surface area contributed by atoms with Crippen LogP contribution in [-0.4, -0.2) is 33.4 Å². The molecule has 2 aromatic rings. The van der Waals surface area contributed by atoms with Crippen molar-refractivity contribution in [1.82, 2.24) is 9.78 Å². The Hall–Kier alpha value is -2.67. The lowest BCUT2D eigenvalue weighted by molar-refractivity contribution is -0.151. The van der Waals surface area contributed by atoms with Crippen molar-refractivity contribution in [1.29, 1.82) is 0 Å². The average Bonchev–Trinajstić information content (AvgIpc) is 3.13. The zero-order chi connectivity index (χ0) is 16.7. The number of fused-ring (bicyclic) bond motifs is 2. The number of nitrogens with zero attached hydrogens (tertiary/aromatic N) is 3. The highest BCUT2D eigenvalue weighted by Gasteiger charge is 2.30. The van der Waals surface area contributed by atoms with Gasteiger partial charge in [-0.15, -0.1) is 0 Å². The summed E-state index contributed by atoms with van der Waals surface area (Å²) in [4.78, 5) is 16.2. The van der Waals surface area contributed by atoms with Crippen molar-refractivity contribution >= 4 is 11.9 Å². The minimum absolute atomic E-state index is 0.0407. The predicted octanol–water partition coefficient (Wildman–Crippen LogP) is 1.28. The summed E-state index contributed by atoms with van der Waals surface area (Å²) < 4.78 is 12.9. The summed E-state index contributed by atoms with van der Waals surface area (Å²) in [6.45, 7) is 0.483. The highest BCUT2D eigenvalue weighted by molar-refractivity contribution is 5.99. The molecule has 0 saturated heterocycles. The number of hydrogen-bond acceptors (Lipinski definition) is 6. The highest BCUT2D eigenvalue weighted by atomic mass is 16.5. The van der Waals surface area contributed by atoms with Gasteiger partial charge in [-0.2, -0.15) is 5.10 Å². The molecule has 0 fully saturated rings. The van der Waals surface area contributed by atoms with Crippen molar-refractivity contribution in [2.75, 3.05) is 6.61 Å². The topological polar surface area (TPSA) is 85.9 Å². The van der Waals surface area contributed by atoms with E-state index in [1.165, 1.54) is 0 Å². The smallest absolute Gasteiger partial charge is 0.310 e. The van der Waals surface area contributed by atoms with Crippen LogP contribution in [0.4, 0.5) is 0 Å². The molecule has 1 aromatic carbocycles. The number of aliphatic imine (C=N–C) groups is 1. The van der Waals surface area contributed by atoms with Crippen molar-refractivity contribution in [3.63, 3.8) is 0 Å². The summed E-state index contributed by atoms with van der Waals surface area (Å²) in [5.41, 5.74) is 3.80. The number of benzene rings is 1. The molecule has 4 rings (SSSR count). The van der Waals surface area contributed by atoms with E-state index in [-0.39, 0.29) is 19.0 Å². The highest BCUT2D eigenvalue weighted by Crippen LogP contribution is 2.34. The van der Waals surface area contributed by atoms with Gasteiger partial charge in [0.15, 0.2) is 0 Å². The SMILES string of the molecule is Cn1nccc1OC1=NCc2cc3c(cc21)C(CCO)OC(=O)C3. The first-order chi connectivity index (χ1) is 11.7. The fraction of sp³-hybridized carbons (Fsp3) is 0.353. The van der Waals surface area contributed by atoms with E-state index < -0.39 is 6.10 Å². The van der Waals surface area contributed by atoms with E-state index in [1.54, 1.807) is 24.0 Å². The van der Waals surface area contributed by atoms with E-state index in [4.69, 9.17) is 9.47 Å². The van der Waals surface area contributed by atoms with Crippen LogP contribution < -0.4 is 4.74 Å². The van der Waals surface area contributed by atoms with Crippen LogP contribution in [0.5, 0.6) is 5.88 Å². The first-order valence-corrected chi connectivity index (χ1v) is 7.82. The van der Waals surface area contributed by atoms with Gasteiger partial charge in [0.1, 0.15) is 6.10 Å². The van der Waals surface area contributed by atoms with Crippen LogP contribution in [0.15, 0.2) is 29.4 Å². The zero-order valence-electron chi connectivity index (χ0n) is 13.2. The van der Waals surface area contributed by atoms with Crippen molar-refractivity contribution in [3.8, 4) is 5.88 Å². The number of carbonyl (C=O) groups excluding carboxylic acids is 1. The van der Waals surface area contributed by atoms with E-state index >= 15 is 0 Å². The van der Waals surface area contributed by atoms with E-state index in [9.17, 15) is 9.90 Å². The number of esters is 1. The zero-order valence-corrected chi connectivity index (χ0v) is 13.2. The molecular weight excluding hydrogens is 310 g/mol. The molecule has 1 N–H and O–H groups in total. The van der Waals surface area contributed by atoms with Crippen molar-refractivity contribution in [2.45, 2.75) is 25.5 Å². The van der Waals surface area contributed by atoms with Gasteiger partial charge in [0.2, 0.25) is 11.8 Å². The first-order valence-electron chi connectivity index (χ1n) is 7.82. The first kappa shape index (κ1) is 14.9. The Labute approximate surface area is 138 Å². The normalized spacial score (nSPS) is 18.7. The molecule has 1 unspecified atom stereocenters. The summed E-state index contributed by atoms with van der Waals surface area (Å²) in [6.07, 6.45) is 1.87. The van der Waals surface area contributed by atoms with Gasteiger partial charge in [0, 0.05) is 31.7 Å². The van der Waals surface area contributed by atoms with Crippen molar-refractivity contribution < 1.29 is 19.4 Å². The summed E-state index contributed by atoms with van der Waals surface area (Å²) in [7, 11) is 1.80. The van der Waals surface area contributed by atoms with Gasteiger partial charge in [0.05, 0.1) is 19.2 Å². The number of aromatic nitrogens is 2. The Kier molecular flexibility index (Phi) is 3.57. The molecule has 124 valence electrons. The van der Waals surface area contributed by atoms with Crippen LogP contribution in [-0.2, 0) is 29.5 Å². The molecule has 7 heteroatoms. The Balaban J connectivity index is 1.69. The van der Waals surface area contributed by atoms with Crippen LogP contribution in [0.25, 0.3) is 0 Å². The lowest BCUT2D eigenvalue weighted by Gasteiger charge is -2.26. The van der Waals surface area contributed by atoms with Gasteiger partial charge in [0.25, 0.3) is 0 Å². The fourth-order valence-electron chi connectivity index (χ4n) is 3.14. The lowest BCUT2D eigenvalue weighted by atomic mass is 9.91. The number of carbonyl (C=O) groups is 1. The molecule has 0 amide bonds. The number of aryl methyl sites for hydroxylation is 1. The second-order valence-electron chi connectivity index (χ2n) is 5.89. The Morgan fingerprint density at radius 2 is 2.29 bits per heavy atom. The maximum absolute atomic E-state index is 11.8. The van der Waals surface area contributed by atoms with E-state index in [2.05, 4.69) is 10.1 Å². The molecule has 7 nitrogen and oxygen atoms in total. The summed E-state index contributed by atoms with van der Waals surface area (Å²) >= 11 is 0. The van der Waals surface area contributed by atoms with Gasteiger partial charge >= 0.3 is 5.97 Å². The van der Waals surface area contributed by atoms with E-state index in [1.807, 2.05) is 12.1 Å². The largest absolute Gasteiger partial charge is 0.457 e. The van der Waals surface area contributed by atoms with Crippen LogP contribution in [0.3, 0.4) is 0 Å². The molecule has 0 spiro atoms. The standard InChI is InChI=1S/C17H17N3O4/c1-20-15(2-4-19-20)24-17-13-8-12-10(6-11(13)9-18-17)7-16(22)23-14(12)3-5-21/h2,4,6,8,14,21H,3,5,7,9H2,1H3. The molecule has 3 heterocycles. The number of hydrogen-bond donors (Lipinski definition) is 1. The third-order valence-corrected chi connectivity index (χ3v) is 4.31. The fourth-order valence-corrected chi connectivity index (χ4v) is 3.14. The number of cyclic esters (lactones) is 1. The number of rotatable bonds is 3. The average molecular weight is 327 g/mol. The lowest BCUT2D eigenvalue weighted by Crippen LogP contribution is -2.23. The van der Waals surface area contributed by atoms with Crippen LogP contribution in [0, 0.1) is 0 Å². The van der Waals surface area contributed by atoms with Gasteiger partial charge in [-0.3, -0.25) is 4.79 Å².